The van der Waals surface area contributed by atoms with Crippen LogP contribution >= 0.6 is 15.9 Å². The highest BCUT2D eigenvalue weighted by Crippen LogP contribution is 2.12. The molecule has 1 heteroatoms. The Labute approximate surface area is 82.1 Å². The Bertz CT molecular complexity index is 266. The van der Waals surface area contributed by atoms with E-state index in [4.69, 9.17) is 6.42 Å². The van der Waals surface area contributed by atoms with Crippen molar-refractivity contribution in [2.45, 2.75) is 19.3 Å². The number of benzene rings is 1. The van der Waals surface area contributed by atoms with E-state index < -0.39 is 0 Å². The first-order valence-corrected chi connectivity index (χ1v) is 4.76. The van der Waals surface area contributed by atoms with Gasteiger partial charge in [-0.25, -0.2) is 0 Å². The summed E-state index contributed by atoms with van der Waals surface area (Å²) in [6.07, 6.45) is 9.56. The summed E-state index contributed by atoms with van der Waals surface area (Å²) < 4.78 is 1.12. The molecule has 0 atom stereocenters. The van der Waals surface area contributed by atoms with Gasteiger partial charge in [-0.15, -0.1) is 0 Å². The van der Waals surface area contributed by atoms with Crippen LogP contribution in [-0.4, -0.2) is 0 Å². The Morgan fingerprint density at radius 1 is 1.25 bits per heavy atom. The normalized spacial score (nSPS) is 9.33. The highest BCUT2D eigenvalue weighted by Gasteiger charge is 1.91. The lowest BCUT2D eigenvalue weighted by molar-refractivity contribution is 0.857. The largest absolute Gasteiger partial charge is 0.0891 e. The van der Waals surface area contributed by atoms with Gasteiger partial charge in [-0.2, -0.15) is 0 Å². The van der Waals surface area contributed by atoms with Crippen molar-refractivity contribution in [3.8, 4) is 5.92 Å². The number of hydrogen-bond donors (Lipinski definition) is 0. The van der Waals surface area contributed by atoms with Crippen LogP contribution in [0.25, 0.3) is 0 Å². The summed E-state index contributed by atoms with van der Waals surface area (Å²) in [5.74, 6) is 2.39. The third-order valence-corrected chi connectivity index (χ3v) is 2.21. The summed E-state index contributed by atoms with van der Waals surface area (Å²) in [5.41, 5.74) is 1.33. The van der Waals surface area contributed by atoms with E-state index >= 15 is 0 Å². The lowest BCUT2D eigenvalue weighted by Gasteiger charge is -1.98. The van der Waals surface area contributed by atoms with Crippen molar-refractivity contribution in [3.63, 3.8) is 0 Å². The molecule has 0 aliphatic rings. The van der Waals surface area contributed by atoms with Crippen LogP contribution in [0.3, 0.4) is 0 Å². The zero-order chi connectivity index (χ0) is 8.81. The van der Waals surface area contributed by atoms with E-state index in [9.17, 15) is 0 Å². The molecule has 0 aliphatic heterocycles. The molecule has 12 heavy (non-hydrogen) atoms. The predicted octanol–water partition coefficient (Wildman–Crippen LogP) is 3.36. The van der Waals surface area contributed by atoms with Gasteiger partial charge in [-0.3, -0.25) is 0 Å². The average Bonchev–Trinajstić information content (AvgIpc) is 2.09. The van der Waals surface area contributed by atoms with Crippen LogP contribution in [0, 0.1) is 12.3 Å². The lowest BCUT2D eigenvalue weighted by atomic mass is 10.1. The second-order valence-electron chi connectivity index (χ2n) is 2.66. The molecule has 0 N–H and O–H groups in total. The second kappa shape index (κ2) is 5.00. The zero-order valence-corrected chi connectivity index (χ0v) is 8.39. The fourth-order valence-electron chi connectivity index (χ4n) is 1.03. The molecule has 0 unspecified atom stereocenters. The number of hydrogen-bond acceptors (Lipinski definition) is 0. The smallest absolute Gasteiger partial charge is 0.0175 e. The molecular weight excluding hydrogens is 212 g/mol. The van der Waals surface area contributed by atoms with E-state index in [1.807, 2.05) is 12.1 Å². The Morgan fingerprint density at radius 3 is 2.50 bits per heavy atom. The molecule has 1 rings (SSSR count). The van der Waals surface area contributed by atoms with Gasteiger partial charge in [-0.05, 0) is 37.0 Å². The summed E-state index contributed by atoms with van der Waals surface area (Å²) in [5, 5.41) is 0. The van der Waals surface area contributed by atoms with Crippen molar-refractivity contribution < 1.29 is 0 Å². The maximum atomic E-state index is 6.75. The Kier molecular flexibility index (Phi) is 3.90. The van der Waals surface area contributed by atoms with Crippen LogP contribution in [0.5, 0.6) is 0 Å². The Morgan fingerprint density at radius 2 is 1.92 bits per heavy atom. The molecule has 0 saturated heterocycles. The minimum atomic E-state index is 0.760. The van der Waals surface area contributed by atoms with Gasteiger partial charge in [-0.1, -0.05) is 34.0 Å². The van der Waals surface area contributed by atoms with Crippen molar-refractivity contribution >= 4 is 15.9 Å². The maximum Gasteiger partial charge on any atom is 0.0175 e. The molecule has 0 spiro atoms. The van der Waals surface area contributed by atoms with Crippen molar-refractivity contribution in [2.75, 3.05) is 0 Å². The molecule has 1 radical (unpaired) electrons. The second-order valence-corrected chi connectivity index (χ2v) is 3.57. The predicted molar refractivity (Wildman–Crippen MR) is 54.2 cm³/mol. The first-order valence-electron chi connectivity index (χ1n) is 3.97. The molecule has 0 amide bonds. The quantitative estimate of drug-likeness (QED) is 0.543. The lowest BCUT2D eigenvalue weighted by Crippen LogP contribution is -1.83. The molecule has 0 heterocycles. The Balaban J connectivity index is 2.43. The van der Waals surface area contributed by atoms with Gasteiger partial charge in [0.05, 0.1) is 0 Å². The zero-order valence-electron chi connectivity index (χ0n) is 6.81. The highest BCUT2D eigenvalue weighted by molar-refractivity contribution is 9.10. The minimum Gasteiger partial charge on any atom is -0.0891 e. The summed E-state index contributed by atoms with van der Waals surface area (Å²) in [6.45, 7) is 0. The van der Waals surface area contributed by atoms with Crippen LogP contribution in [0.2, 0.25) is 0 Å². The van der Waals surface area contributed by atoms with Crippen molar-refractivity contribution in [3.05, 3.63) is 40.7 Å². The van der Waals surface area contributed by atoms with Gasteiger partial charge in [0, 0.05) is 10.9 Å². The standard InChI is InChI=1S/C11H10Br/c1-2-3-4-5-10-6-8-11(12)9-7-10/h6-9H,3-5H2. The molecule has 61 valence electrons. The molecule has 1 aromatic rings. The topological polar surface area (TPSA) is 0 Å². The van der Waals surface area contributed by atoms with Gasteiger partial charge in [0.25, 0.3) is 0 Å². The van der Waals surface area contributed by atoms with Crippen LogP contribution in [0.1, 0.15) is 18.4 Å². The van der Waals surface area contributed by atoms with Crippen molar-refractivity contribution in [1.82, 2.24) is 0 Å². The van der Waals surface area contributed by atoms with Crippen molar-refractivity contribution in [2.24, 2.45) is 0 Å². The van der Waals surface area contributed by atoms with E-state index in [-0.39, 0.29) is 0 Å². The van der Waals surface area contributed by atoms with Gasteiger partial charge in [0.2, 0.25) is 0 Å². The Hall–Kier alpha value is -0.740. The number of rotatable bonds is 3. The monoisotopic (exact) mass is 221 g/mol. The van der Waals surface area contributed by atoms with Gasteiger partial charge in [0.1, 0.15) is 0 Å². The molecule has 1 aromatic carbocycles. The molecule has 0 saturated carbocycles. The van der Waals surface area contributed by atoms with Gasteiger partial charge < -0.3 is 0 Å². The summed E-state index contributed by atoms with van der Waals surface area (Å²) in [6, 6.07) is 8.30. The first-order chi connectivity index (χ1) is 5.83. The molecule has 0 nitrogen and oxygen atoms in total. The van der Waals surface area contributed by atoms with Gasteiger partial charge in [0.15, 0.2) is 0 Å². The number of aryl methyl sites for hydroxylation is 1. The summed E-state index contributed by atoms with van der Waals surface area (Å²) in [4.78, 5) is 0. The molecule has 0 aromatic heterocycles. The SMILES string of the molecule is [C]#CCCCc1ccc(Br)cc1. The fourth-order valence-corrected chi connectivity index (χ4v) is 1.30. The first kappa shape index (κ1) is 9.35. The highest BCUT2D eigenvalue weighted by atomic mass is 79.9. The van der Waals surface area contributed by atoms with E-state index in [0.29, 0.717) is 0 Å². The van der Waals surface area contributed by atoms with Crippen LogP contribution in [0.4, 0.5) is 0 Å². The van der Waals surface area contributed by atoms with E-state index in [1.54, 1.807) is 0 Å². The van der Waals surface area contributed by atoms with E-state index in [1.165, 1.54) is 5.56 Å². The fraction of sp³-hybridized carbons (Fsp3) is 0.273. The van der Waals surface area contributed by atoms with Gasteiger partial charge >= 0.3 is 0 Å². The summed E-state index contributed by atoms with van der Waals surface area (Å²) in [7, 11) is 0. The number of halogens is 1. The van der Waals surface area contributed by atoms with E-state index in [2.05, 4.69) is 34.0 Å². The van der Waals surface area contributed by atoms with Crippen LogP contribution in [-0.2, 0) is 6.42 Å². The molecule has 0 aliphatic carbocycles. The summed E-state index contributed by atoms with van der Waals surface area (Å²) >= 11 is 3.38. The van der Waals surface area contributed by atoms with Crippen LogP contribution in [0.15, 0.2) is 28.7 Å². The van der Waals surface area contributed by atoms with Crippen LogP contribution < -0.4 is 0 Å². The molecule has 0 bridgehead atoms. The number of unbranched alkanes of at least 4 members (excludes halogenated alkanes) is 1. The van der Waals surface area contributed by atoms with Crippen molar-refractivity contribution in [1.29, 1.82) is 0 Å². The molecule has 0 fully saturated rings. The van der Waals surface area contributed by atoms with E-state index in [0.717, 1.165) is 23.7 Å². The minimum absolute atomic E-state index is 0.760. The molecular formula is C11H10Br. The third kappa shape index (κ3) is 3.11. The third-order valence-electron chi connectivity index (χ3n) is 1.68. The average molecular weight is 222 g/mol. The maximum absolute atomic E-state index is 6.75.